The number of aryl methyl sites for hydroxylation is 1. The summed E-state index contributed by atoms with van der Waals surface area (Å²) in [5.41, 5.74) is 1.06. The molecule has 0 saturated carbocycles. The van der Waals surface area contributed by atoms with Crippen molar-refractivity contribution in [2.75, 3.05) is 20.2 Å². The zero-order valence-corrected chi connectivity index (χ0v) is 11.9. The highest BCUT2D eigenvalue weighted by Gasteiger charge is 2.28. The molecule has 1 saturated heterocycles. The van der Waals surface area contributed by atoms with Gasteiger partial charge < -0.3 is 15.0 Å². The Hall–Kier alpha value is -2.04. The first-order chi connectivity index (χ1) is 9.61. The molecule has 2 amide bonds. The molecule has 1 aliphatic rings. The number of nitrogens with one attached hydrogen (secondary N) is 1. The molecular weight excluding hydrogens is 256 g/mol. The van der Waals surface area contributed by atoms with E-state index in [0.717, 1.165) is 11.3 Å². The third-order valence-electron chi connectivity index (χ3n) is 3.58. The van der Waals surface area contributed by atoms with Gasteiger partial charge in [0.1, 0.15) is 11.8 Å². The SMILES string of the molecule is COc1cccc(CCC(=O)N2CCNC(=O)C2C)c1. The summed E-state index contributed by atoms with van der Waals surface area (Å²) in [7, 11) is 1.62. The molecule has 5 nitrogen and oxygen atoms in total. The highest BCUT2D eigenvalue weighted by atomic mass is 16.5. The molecule has 1 N–H and O–H groups in total. The van der Waals surface area contributed by atoms with Crippen molar-refractivity contribution < 1.29 is 14.3 Å². The van der Waals surface area contributed by atoms with Crippen molar-refractivity contribution in [1.82, 2.24) is 10.2 Å². The topological polar surface area (TPSA) is 58.6 Å². The minimum atomic E-state index is -0.374. The van der Waals surface area contributed by atoms with Crippen LogP contribution >= 0.6 is 0 Å². The van der Waals surface area contributed by atoms with Crippen LogP contribution in [0.1, 0.15) is 18.9 Å². The highest BCUT2D eigenvalue weighted by Crippen LogP contribution is 2.15. The maximum Gasteiger partial charge on any atom is 0.242 e. The maximum atomic E-state index is 12.2. The molecule has 1 atom stereocenters. The zero-order chi connectivity index (χ0) is 14.5. The van der Waals surface area contributed by atoms with Gasteiger partial charge in [-0.15, -0.1) is 0 Å². The summed E-state index contributed by atoms with van der Waals surface area (Å²) in [5, 5.41) is 2.76. The predicted molar refractivity (Wildman–Crippen MR) is 75.5 cm³/mol. The van der Waals surface area contributed by atoms with E-state index < -0.39 is 0 Å². The van der Waals surface area contributed by atoms with E-state index in [-0.39, 0.29) is 17.9 Å². The number of rotatable bonds is 4. The Labute approximate surface area is 118 Å². The van der Waals surface area contributed by atoms with Gasteiger partial charge in [0.2, 0.25) is 11.8 Å². The van der Waals surface area contributed by atoms with E-state index >= 15 is 0 Å². The van der Waals surface area contributed by atoms with Gasteiger partial charge in [0.25, 0.3) is 0 Å². The number of carbonyl (C=O) groups excluding carboxylic acids is 2. The molecule has 1 aromatic rings. The molecule has 108 valence electrons. The van der Waals surface area contributed by atoms with Crippen LogP contribution in [0.4, 0.5) is 0 Å². The summed E-state index contributed by atoms with van der Waals surface area (Å²) in [6, 6.07) is 7.32. The largest absolute Gasteiger partial charge is 0.497 e. The number of benzene rings is 1. The lowest BCUT2D eigenvalue weighted by Gasteiger charge is -2.32. The second-order valence-electron chi connectivity index (χ2n) is 4.91. The zero-order valence-electron chi connectivity index (χ0n) is 11.9. The van der Waals surface area contributed by atoms with E-state index in [0.29, 0.717) is 25.9 Å². The van der Waals surface area contributed by atoms with Crippen molar-refractivity contribution in [2.45, 2.75) is 25.8 Å². The first-order valence-electron chi connectivity index (χ1n) is 6.82. The fraction of sp³-hybridized carbons (Fsp3) is 0.467. The van der Waals surface area contributed by atoms with Gasteiger partial charge in [0.15, 0.2) is 0 Å². The molecule has 1 heterocycles. The summed E-state index contributed by atoms with van der Waals surface area (Å²) in [6.45, 7) is 2.88. The molecule has 5 heteroatoms. The molecule has 1 aliphatic heterocycles. The van der Waals surface area contributed by atoms with Gasteiger partial charge in [-0.3, -0.25) is 9.59 Å². The smallest absolute Gasteiger partial charge is 0.242 e. The van der Waals surface area contributed by atoms with E-state index in [1.807, 2.05) is 24.3 Å². The fourth-order valence-corrected chi connectivity index (χ4v) is 2.35. The van der Waals surface area contributed by atoms with E-state index in [1.54, 1.807) is 18.9 Å². The molecular formula is C15H20N2O3. The second-order valence-corrected chi connectivity index (χ2v) is 4.91. The van der Waals surface area contributed by atoms with E-state index in [2.05, 4.69) is 5.32 Å². The van der Waals surface area contributed by atoms with Crippen LogP contribution in [0.2, 0.25) is 0 Å². The van der Waals surface area contributed by atoms with Crippen molar-refractivity contribution >= 4 is 11.8 Å². The number of methoxy groups -OCH3 is 1. The normalized spacial score (nSPS) is 18.6. The van der Waals surface area contributed by atoms with Crippen molar-refractivity contribution in [3.05, 3.63) is 29.8 Å². The van der Waals surface area contributed by atoms with Gasteiger partial charge in [0.05, 0.1) is 7.11 Å². The van der Waals surface area contributed by atoms with Crippen molar-refractivity contribution in [2.24, 2.45) is 0 Å². The lowest BCUT2D eigenvalue weighted by molar-refractivity contribution is -0.142. The van der Waals surface area contributed by atoms with Crippen LogP contribution < -0.4 is 10.1 Å². The number of hydrogen-bond acceptors (Lipinski definition) is 3. The van der Waals surface area contributed by atoms with Gasteiger partial charge in [-0.25, -0.2) is 0 Å². The number of hydrogen-bond donors (Lipinski definition) is 1. The van der Waals surface area contributed by atoms with Crippen LogP contribution in [0.15, 0.2) is 24.3 Å². The monoisotopic (exact) mass is 276 g/mol. The fourth-order valence-electron chi connectivity index (χ4n) is 2.35. The molecule has 0 radical (unpaired) electrons. The van der Waals surface area contributed by atoms with Crippen LogP contribution in [0.3, 0.4) is 0 Å². The number of nitrogens with zero attached hydrogens (tertiary/aromatic N) is 1. The Balaban J connectivity index is 1.92. The van der Waals surface area contributed by atoms with Crippen LogP contribution in [0.5, 0.6) is 5.75 Å². The van der Waals surface area contributed by atoms with Gasteiger partial charge in [0, 0.05) is 19.5 Å². The quantitative estimate of drug-likeness (QED) is 0.891. The number of amides is 2. The van der Waals surface area contributed by atoms with Crippen LogP contribution in [-0.4, -0.2) is 43.0 Å². The summed E-state index contributed by atoms with van der Waals surface area (Å²) < 4.78 is 5.16. The highest BCUT2D eigenvalue weighted by molar-refractivity contribution is 5.88. The first kappa shape index (κ1) is 14.4. The Bertz CT molecular complexity index is 502. The average molecular weight is 276 g/mol. The average Bonchev–Trinajstić information content (AvgIpc) is 2.48. The lowest BCUT2D eigenvalue weighted by Crippen LogP contribution is -2.55. The predicted octanol–water partition coefficient (Wildman–Crippen LogP) is 0.975. The van der Waals surface area contributed by atoms with E-state index in [4.69, 9.17) is 4.74 Å². The minimum absolute atomic E-state index is 0.0233. The Morgan fingerprint density at radius 1 is 1.50 bits per heavy atom. The summed E-state index contributed by atoms with van der Waals surface area (Å²) in [6.07, 6.45) is 1.06. The molecule has 20 heavy (non-hydrogen) atoms. The molecule has 2 rings (SSSR count). The minimum Gasteiger partial charge on any atom is -0.497 e. The Kier molecular flexibility index (Phi) is 4.61. The third-order valence-corrected chi connectivity index (χ3v) is 3.58. The number of ether oxygens (including phenoxy) is 1. The van der Waals surface area contributed by atoms with Gasteiger partial charge in [-0.2, -0.15) is 0 Å². The van der Waals surface area contributed by atoms with E-state index in [9.17, 15) is 9.59 Å². The Morgan fingerprint density at radius 3 is 3.05 bits per heavy atom. The summed E-state index contributed by atoms with van der Waals surface area (Å²) in [4.78, 5) is 25.4. The molecule has 0 aromatic heterocycles. The lowest BCUT2D eigenvalue weighted by atomic mass is 10.1. The Morgan fingerprint density at radius 2 is 2.30 bits per heavy atom. The van der Waals surface area contributed by atoms with Crippen LogP contribution in [0, 0.1) is 0 Å². The summed E-state index contributed by atoms with van der Waals surface area (Å²) in [5.74, 6) is 0.738. The maximum absolute atomic E-state index is 12.2. The molecule has 1 unspecified atom stereocenters. The number of carbonyl (C=O) groups is 2. The molecule has 0 aliphatic carbocycles. The number of piperazine rings is 1. The van der Waals surface area contributed by atoms with Gasteiger partial charge in [-0.1, -0.05) is 12.1 Å². The standard InChI is InChI=1S/C15H20N2O3/c1-11-15(19)16-8-9-17(11)14(18)7-6-12-4-3-5-13(10-12)20-2/h3-5,10-11H,6-9H2,1-2H3,(H,16,19). The summed E-state index contributed by atoms with van der Waals surface area (Å²) >= 11 is 0. The molecule has 0 spiro atoms. The molecule has 0 bridgehead atoms. The third kappa shape index (κ3) is 3.29. The molecule has 1 fully saturated rings. The second kappa shape index (κ2) is 6.41. The van der Waals surface area contributed by atoms with Crippen molar-refractivity contribution in [1.29, 1.82) is 0 Å². The van der Waals surface area contributed by atoms with Gasteiger partial charge in [-0.05, 0) is 31.0 Å². The van der Waals surface area contributed by atoms with Gasteiger partial charge >= 0.3 is 0 Å². The van der Waals surface area contributed by atoms with Crippen LogP contribution in [0.25, 0.3) is 0 Å². The van der Waals surface area contributed by atoms with Crippen molar-refractivity contribution in [3.63, 3.8) is 0 Å². The van der Waals surface area contributed by atoms with Crippen molar-refractivity contribution in [3.8, 4) is 5.75 Å². The first-order valence-corrected chi connectivity index (χ1v) is 6.82. The molecule has 1 aromatic carbocycles. The van der Waals surface area contributed by atoms with Crippen LogP contribution in [-0.2, 0) is 16.0 Å². The van der Waals surface area contributed by atoms with E-state index in [1.165, 1.54) is 0 Å².